The van der Waals surface area contributed by atoms with Crippen LogP contribution in [0.3, 0.4) is 0 Å². The Morgan fingerprint density at radius 3 is 2.36 bits per heavy atom. The second-order valence-electron chi connectivity index (χ2n) is 8.26. The second kappa shape index (κ2) is 9.90. The van der Waals surface area contributed by atoms with E-state index in [1.165, 1.54) is 0 Å². The van der Waals surface area contributed by atoms with Crippen molar-refractivity contribution in [2.24, 2.45) is 0 Å². The molecule has 1 heterocycles. The van der Waals surface area contributed by atoms with Crippen molar-refractivity contribution in [3.8, 4) is 5.75 Å². The van der Waals surface area contributed by atoms with Gasteiger partial charge in [-0.2, -0.15) is 0 Å². The van der Waals surface area contributed by atoms with Crippen LogP contribution in [-0.4, -0.2) is 34.8 Å². The Morgan fingerprint density at radius 1 is 0.939 bits per heavy atom. The Kier molecular flexibility index (Phi) is 6.78. The predicted molar refractivity (Wildman–Crippen MR) is 130 cm³/mol. The number of fused-ring (bicyclic) bond motifs is 1. The van der Waals surface area contributed by atoms with Crippen molar-refractivity contribution < 1.29 is 19.4 Å². The van der Waals surface area contributed by atoms with Gasteiger partial charge in [-0.15, -0.1) is 0 Å². The number of ether oxygens (including phenoxy) is 1. The topological polar surface area (TPSA) is 66.8 Å². The molecule has 3 aromatic rings. The number of unbranched alkanes of at least 4 members (excludes halogenated alkanes) is 2. The molecule has 1 unspecified atom stereocenters. The van der Waals surface area contributed by atoms with Gasteiger partial charge in [0.1, 0.15) is 11.5 Å². The first kappa shape index (κ1) is 22.6. The van der Waals surface area contributed by atoms with Gasteiger partial charge in [-0.3, -0.25) is 9.59 Å². The summed E-state index contributed by atoms with van der Waals surface area (Å²) in [7, 11) is 0. The molecule has 5 nitrogen and oxygen atoms in total. The molecule has 3 aromatic carbocycles. The van der Waals surface area contributed by atoms with Gasteiger partial charge in [0.2, 0.25) is 0 Å². The van der Waals surface area contributed by atoms with Gasteiger partial charge in [0.25, 0.3) is 11.7 Å². The smallest absolute Gasteiger partial charge is 0.295 e. The maximum absolute atomic E-state index is 13.1. The zero-order chi connectivity index (χ0) is 23.4. The predicted octanol–water partition coefficient (Wildman–Crippen LogP) is 5.85. The number of likely N-dealkylation sites (tertiary alicyclic amines) is 1. The van der Waals surface area contributed by atoms with Crippen LogP contribution in [0.4, 0.5) is 0 Å². The van der Waals surface area contributed by atoms with Crippen LogP contribution >= 0.6 is 0 Å². The number of ketones is 1. The molecule has 0 aliphatic carbocycles. The highest BCUT2D eigenvalue weighted by Crippen LogP contribution is 2.40. The van der Waals surface area contributed by atoms with E-state index in [2.05, 4.69) is 6.92 Å². The van der Waals surface area contributed by atoms with Gasteiger partial charge >= 0.3 is 0 Å². The van der Waals surface area contributed by atoms with Crippen LogP contribution in [0.25, 0.3) is 16.5 Å². The van der Waals surface area contributed by atoms with E-state index in [4.69, 9.17) is 4.74 Å². The van der Waals surface area contributed by atoms with E-state index >= 15 is 0 Å². The Balaban J connectivity index is 1.81. The Hall–Kier alpha value is -3.60. The molecular formula is C28H29NO4. The first-order valence-corrected chi connectivity index (χ1v) is 11.6. The molecule has 1 atom stereocenters. The van der Waals surface area contributed by atoms with Crippen LogP contribution < -0.4 is 4.74 Å². The number of hydrogen-bond acceptors (Lipinski definition) is 4. The summed E-state index contributed by atoms with van der Waals surface area (Å²) in [6, 6.07) is 20.1. The number of rotatable bonds is 8. The van der Waals surface area contributed by atoms with Crippen LogP contribution in [0.15, 0.2) is 72.3 Å². The number of Topliss-reactive ketones (excluding diaryl/α,β-unsaturated/α-hetero) is 1. The van der Waals surface area contributed by atoms with E-state index in [-0.39, 0.29) is 11.3 Å². The number of aliphatic hydroxyl groups excluding tert-OH is 1. The number of carbonyl (C=O) groups excluding carboxylic acids is 2. The summed E-state index contributed by atoms with van der Waals surface area (Å²) in [5, 5.41) is 13.3. The first-order valence-electron chi connectivity index (χ1n) is 11.6. The lowest BCUT2D eigenvalue weighted by molar-refractivity contribution is -0.139. The summed E-state index contributed by atoms with van der Waals surface area (Å²) < 4.78 is 5.55. The third-order valence-electron chi connectivity index (χ3n) is 6.07. The highest BCUT2D eigenvalue weighted by molar-refractivity contribution is 6.46. The molecule has 1 N–H and O–H groups in total. The number of nitrogens with zero attached hydrogens (tertiary/aromatic N) is 1. The first-order chi connectivity index (χ1) is 16.0. The molecule has 0 bridgehead atoms. The molecule has 33 heavy (non-hydrogen) atoms. The van der Waals surface area contributed by atoms with Crippen LogP contribution in [-0.2, 0) is 9.59 Å². The SMILES string of the molecule is CCCCCN1C(=O)C(=O)/C(=C(\O)c2ccc3ccccc3c2)C1c1ccc(OCC)cc1. The third-order valence-corrected chi connectivity index (χ3v) is 6.07. The standard InChI is InChI=1S/C28H29NO4/c1-3-5-8-17-29-25(20-13-15-23(16-14-20)33-4-2)24(27(31)28(29)32)26(30)22-12-11-19-9-6-7-10-21(19)18-22/h6-7,9-16,18,25,30H,3-5,8,17H2,1-2H3/b26-24-. The average molecular weight is 444 g/mol. The van der Waals surface area contributed by atoms with Crippen LogP contribution in [0.2, 0.25) is 0 Å². The van der Waals surface area contributed by atoms with Gasteiger partial charge in [-0.05, 0) is 47.9 Å². The Bertz CT molecular complexity index is 1200. The van der Waals surface area contributed by atoms with Crippen LogP contribution in [0.5, 0.6) is 5.75 Å². The molecular weight excluding hydrogens is 414 g/mol. The normalized spacial score (nSPS) is 17.6. The van der Waals surface area contributed by atoms with Gasteiger partial charge < -0.3 is 14.7 Å². The minimum Gasteiger partial charge on any atom is -0.507 e. The quantitative estimate of drug-likeness (QED) is 0.205. The molecule has 1 aliphatic rings. The minimum absolute atomic E-state index is 0.135. The van der Waals surface area contributed by atoms with Crippen molar-refractivity contribution in [3.63, 3.8) is 0 Å². The lowest BCUT2D eigenvalue weighted by Crippen LogP contribution is -2.30. The summed E-state index contributed by atoms with van der Waals surface area (Å²) in [5.41, 5.74) is 1.43. The summed E-state index contributed by atoms with van der Waals surface area (Å²) in [6.45, 7) is 5.03. The van der Waals surface area contributed by atoms with Crippen molar-refractivity contribution in [3.05, 3.63) is 83.4 Å². The van der Waals surface area contributed by atoms with Crippen molar-refractivity contribution in [1.29, 1.82) is 0 Å². The van der Waals surface area contributed by atoms with Gasteiger partial charge in [0, 0.05) is 12.1 Å². The lowest BCUT2D eigenvalue weighted by atomic mass is 9.94. The molecule has 1 amide bonds. The number of amides is 1. The van der Waals surface area contributed by atoms with Crippen molar-refractivity contribution in [2.45, 2.75) is 39.2 Å². The molecule has 0 spiro atoms. The fraction of sp³-hybridized carbons (Fsp3) is 0.286. The second-order valence-corrected chi connectivity index (χ2v) is 8.26. The molecule has 1 fully saturated rings. The maximum atomic E-state index is 13.1. The van der Waals surface area contributed by atoms with Gasteiger partial charge in [-0.25, -0.2) is 0 Å². The Morgan fingerprint density at radius 2 is 1.67 bits per heavy atom. The van der Waals surface area contributed by atoms with Crippen molar-refractivity contribution in [2.75, 3.05) is 13.2 Å². The van der Waals surface area contributed by atoms with Crippen molar-refractivity contribution >= 4 is 28.2 Å². The molecule has 0 saturated carbocycles. The number of hydrogen-bond donors (Lipinski definition) is 1. The third kappa shape index (κ3) is 4.49. The molecule has 4 rings (SSSR count). The Labute approximate surface area is 194 Å². The zero-order valence-corrected chi connectivity index (χ0v) is 19.1. The highest BCUT2D eigenvalue weighted by atomic mass is 16.5. The van der Waals surface area contributed by atoms with Crippen LogP contribution in [0.1, 0.15) is 50.3 Å². The highest BCUT2D eigenvalue weighted by Gasteiger charge is 2.45. The molecule has 1 aliphatic heterocycles. The van der Waals surface area contributed by atoms with Crippen molar-refractivity contribution in [1.82, 2.24) is 4.90 Å². The van der Waals surface area contributed by atoms with Gasteiger partial charge in [0.15, 0.2) is 0 Å². The summed E-state index contributed by atoms with van der Waals surface area (Å²) in [4.78, 5) is 27.8. The van der Waals surface area contributed by atoms with E-state index in [0.717, 1.165) is 41.3 Å². The van der Waals surface area contributed by atoms with E-state index in [1.54, 1.807) is 11.0 Å². The van der Waals surface area contributed by atoms with E-state index in [1.807, 2.05) is 67.6 Å². The van der Waals surface area contributed by atoms with E-state index in [9.17, 15) is 14.7 Å². The fourth-order valence-corrected chi connectivity index (χ4v) is 4.39. The summed E-state index contributed by atoms with van der Waals surface area (Å²) in [6.07, 6.45) is 2.77. The molecule has 1 saturated heterocycles. The largest absolute Gasteiger partial charge is 0.507 e. The molecule has 0 aromatic heterocycles. The van der Waals surface area contributed by atoms with Crippen LogP contribution in [0, 0.1) is 0 Å². The fourth-order valence-electron chi connectivity index (χ4n) is 4.39. The minimum atomic E-state index is -0.643. The number of carbonyl (C=O) groups is 2. The number of aliphatic hydroxyl groups is 1. The maximum Gasteiger partial charge on any atom is 0.295 e. The lowest BCUT2D eigenvalue weighted by Gasteiger charge is -2.25. The monoisotopic (exact) mass is 443 g/mol. The van der Waals surface area contributed by atoms with Gasteiger partial charge in [-0.1, -0.05) is 68.3 Å². The molecule has 170 valence electrons. The number of benzene rings is 3. The summed E-state index contributed by atoms with van der Waals surface area (Å²) in [5.74, 6) is -0.627. The van der Waals surface area contributed by atoms with Gasteiger partial charge in [0.05, 0.1) is 18.2 Å². The zero-order valence-electron chi connectivity index (χ0n) is 19.1. The summed E-state index contributed by atoms with van der Waals surface area (Å²) >= 11 is 0. The van der Waals surface area contributed by atoms with E-state index in [0.29, 0.717) is 18.7 Å². The molecule has 5 heteroatoms. The average Bonchev–Trinajstić information content (AvgIpc) is 3.09. The van der Waals surface area contributed by atoms with E-state index < -0.39 is 17.7 Å². The molecule has 0 radical (unpaired) electrons.